The highest BCUT2D eigenvalue weighted by Gasteiger charge is 2.33. The maximum absolute atomic E-state index is 12.7. The molecule has 3 unspecified atom stereocenters. The number of nitrogens with zero attached hydrogens (tertiary/aromatic N) is 2. The first-order valence-electron chi connectivity index (χ1n) is 8.91. The van der Waals surface area contributed by atoms with Crippen LogP contribution < -0.4 is 11.1 Å². The van der Waals surface area contributed by atoms with E-state index in [2.05, 4.69) is 15.5 Å². The van der Waals surface area contributed by atoms with E-state index >= 15 is 0 Å². The fourth-order valence-electron chi connectivity index (χ4n) is 2.81. The lowest BCUT2D eigenvalue weighted by atomic mass is 9.93. The minimum atomic E-state index is -0.366. The van der Waals surface area contributed by atoms with Crippen LogP contribution in [0.1, 0.15) is 68.9 Å². The molecule has 1 fully saturated rings. The third-order valence-electron chi connectivity index (χ3n) is 4.77. The van der Waals surface area contributed by atoms with E-state index in [0.717, 1.165) is 24.2 Å². The van der Waals surface area contributed by atoms with Gasteiger partial charge in [0.25, 0.3) is 0 Å². The quantitative estimate of drug-likeness (QED) is 0.768. The van der Waals surface area contributed by atoms with Crippen LogP contribution in [0.25, 0.3) is 0 Å². The van der Waals surface area contributed by atoms with E-state index < -0.39 is 0 Å². The van der Waals surface area contributed by atoms with Crippen molar-refractivity contribution < 1.29 is 9.32 Å². The molecule has 3 N–H and O–H groups in total. The molecule has 1 aliphatic carbocycles. The third kappa shape index (κ3) is 4.62. The SMILES string of the molecule is CC(C)C(NC(=O)C(C)C(N)c1ccccc1)c1nc(C2CC2)no1.Cl. The van der Waals surface area contributed by atoms with Gasteiger partial charge in [-0.2, -0.15) is 4.98 Å². The first-order valence-corrected chi connectivity index (χ1v) is 8.91. The van der Waals surface area contributed by atoms with Crippen LogP contribution in [-0.4, -0.2) is 16.0 Å². The molecule has 7 heteroatoms. The van der Waals surface area contributed by atoms with Crippen molar-refractivity contribution in [3.63, 3.8) is 0 Å². The first-order chi connectivity index (χ1) is 12.0. The summed E-state index contributed by atoms with van der Waals surface area (Å²) < 4.78 is 5.41. The van der Waals surface area contributed by atoms with Gasteiger partial charge in [0, 0.05) is 12.0 Å². The second-order valence-electron chi connectivity index (χ2n) is 7.22. The number of hydrogen-bond donors (Lipinski definition) is 2. The molecule has 1 aromatic carbocycles. The topological polar surface area (TPSA) is 94.0 Å². The van der Waals surface area contributed by atoms with E-state index in [9.17, 15) is 4.79 Å². The van der Waals surface area contributed by atoms with Gasteiger partial charge in [-0.25, -0.2) is 0 Å². The second-order valence-corrected chi connectivity index (χ2v) is 7.22. The summed E-state index contributed by atoms with van der Waals surface area (Å²) in [5, 5.41) is 7.09. The lowest BCUT2D eigenvalue weighted by Crippen LogP contribution is -2.39. The number of nitrogens with one attached hydrogen (secondary N) is 1. The zero-order valence-corrected chi connectivity index (χ0v) is 16.2. The Labute approximate surface area is 160 Å². The molecule has 1 amide bonds. The molecule has 3 rings (SSSR count). The Balaban J connectivity index is 0.00000243. The number of benzene rings is 1. The molecule has 0 aliphatic heterocycles. The minimum absolute atomic E-state index is 0. The van der Waals surface area contributed by atoms with Gasteiger partial charge in [-0.15, -0.1) is 12.4 Å². The number of carbonyl (C=O) groups excluding carboxylic acids is 1. The fourth-order valence-corrected chi connectivity index (χ4v) is 2.81. The highest BCUT2D eigenvalue weighted by atomic mass is 35.5. The van der Waals surface area contributed by atoms with Crippen LogP contribution in [0.4, 0.5) is 0 Å². The van der Waals surface area contributed by atoms with Crippen molar-refractivity contribution in [3.8, 4) is 0 Å². The van der Waals surface area contributed by atoms with Crippen LogP contribution in [0.15, 0.2) is 34.9 Å². The van der Waals surface area contributed by atoms with Crippen LogP contribution in [-0.2, 0) is 4.79 Å². The number of amides is 1. The lowest BCUT2D eigenvalue weighted by Gasteiger charge is -2.24. The number of nitrogens with two attached hydrogens (primary N) is 1. The van der Waals surface area contributed by atoms with Crippen molar-refractivity contribution in [3.05, 3.63) is 47.6 Å². The molecule has 2 aromatic rings. The van der Waals surface area contributed by atoms with Crippen LogP contribution in [0, 0.1) is 11.8 Å². The van der Waals surface area contributed by atoms with Gasteiger partial charge in [-0.05, 0) is 24.3 Å². The van der Waals surface area contributed by atoms with E-state index in [1.807, 2.05) is 51.1 Å². The van der Waals surface area contributed by atoms with Crippen molar-refractivity contribution in [2.45, 2.75) is 51.6 Å². The standard InChI is InChI=1S/C19H26N4O2.ClH/c1-11(2)16(19-22-17(23-25-19)14-9-10-14)21-18(24)12(3)15(20)13-7-5-4-6-8-13;/h4-8,11-12,14-16H,9-10,20H2,1-3H3,(H,21,24);1H. The molecule has 142 valence electrons. The molecule has 26 heavy (non-hydrogen) atoms. The van der Waals surface area contributed by atoms with Crippen molar-refractivity contribution in [2.75, 3.05) is 0 Å². The maximum Gasteiger partial charge on any atom is 0.249 e. The summed E-state index contributed by atoms with van der Waals surface area (Å²) in [4.78, 5) is 17.2. The predicted molar refractivity (Wildman–Crippen MR) is 102 cm³/mol. The lowest BCUT2D eigenvalue weighted by molar-refractivity contribution is -0.126. The van der Waals surface area contributed by atoms with Gasteiger partial charge >= 0.3 is 0 Å². The van der Waals surface area contributed by atoms with Gasteiger partial charge in [0.15, 0.2) is 5.82 Å². The monoisotopic (exact) mass is 378 g/mol. The summed E-state index contributed by atoms with van der Waals surface area (Å²) >= 11 is 0. The molecule has 0 radical (unpaired) electrons. The zero-order chi connectivity index (χ0) is 18.0. The molecule has 6 nitrogen and oxygen atoms in total. The van der Waals surface area contributed by atoms with E-state index in [4.69, 9.17) is 10.3 Å². The van der Waals surface area contributed by atoms with Gasteiger partial charge in [0.05, 0.1) is 5.92 Å². The Kier molecular flexibility index (Phi) is 6.78. The summed E-state index contributed by atoms with van der Waals surface area (Å²) in [5.74, 6) is 1.31. The van der Waals surface area contributed by atoms with Crippen molar-refractivity contribution >= 4 is 18.3 Å². The predicted octanol–water partition coefficient (Wildman–Crippen LogP) is 3.52. The summed E-state index contributed by atoms with van der Waals surface area (Å²) in [6, 6.07) is 8.99. The summed E-state index contributed by atoms with van der Waals surface area (Å²) in [5.41, 5.74) is 7.21. The smallest absolute Gasteiger partial charge is 0.249 e. The van der Waals surface area contributed by atoms with Crippen molar-refractivity contribution in [1.29, 1.82) is 0 Å². The largest absolute Gasteiger partial charge is 0.344 e. The normalized spacial score (nSPS) is 17.3. The van der Waals surface area contributed by atoms with Crippen molar-refractivity contribution in [2.24, 2.45) is 17.6 Å². The highest BCUT2D eigenvalue weighted by Crippen LogP contribution is 2.38. The second kappa shape index (κ2) is 8.64. The molecular weight excluding hydrogens is 352 g/mol. The molecule has 0 saturated heterocycles. The molecule has 1 saturated carbocycles. The maximum atomic E-state index is 12.7. The fraction of sp³-hybridized carbons (Fsp3) is 0.526. The van der Waals surface area contributed by atoms with E-state index in [0.29, 0.717) is 11.8 Å². The molecular formula is C19H27ClN4O2. The summed E-state index contributed by atoms with van der Waals surface area (Å²) in [6.45, 7) is 5.88. The average molecular weight is 379 g/mol. The van der Waals surface area contributed by atoms with Gasteiger partial charge in [0.2, 0.25) is 11.8 Å². The summed E-state index contributed by atoms with van der Waals surface area (Å²) in [7, 11) is 0. The Morgan fingerprint density at radius 3 is 2.46 bits per heavy atom. The van der Waals surface area contributed by atoms with Gasteiger partial charge < -0.3 is 15.6 Å². The van der Waals surface area contributed by atoms with Crippen LogP contribution in [0.2, 0.25) is 0 Å². The van der Waals surface area contributed by atoms with E-state index in [-0.39, 0.29) is 42.2 Å². The van der Waals surface area contributed by atoms with Crippen LogP contribution >= 0.6 is 12.4 Å². The van der Waals surface area contributed by atoms with Gasteiger partial charge in [-0.3, -0.25) is 4.79 Å². The van der Waals surface area contributed by atoms with Gasteiger partial charge in [0.1, 0.15) is 6.04 Å². The molecule has 0 bridgehead atoms. The number of hydrogen-bond acceptors (Lipinski definition) is 5. The highest BCUT2D eigenvalue weighted by molar-refractivity contribution is 5.85. The Morgan fingerprint density at radius 2 is 1.88 bits per heavy atom. The molecule has 1 aliphatic rings. The van der Waals surface area contributed by atoms with E-state index in [1.54, 1.807) is 0 Å². The molecule has 1 aromatic heterocycles. The number of carbonyl (C=O) groups is 1. The van der Waals surface area contributed by atoms with Crippen LogP contribution in [0.5, 0.6) is 0 Å². The van der Waals surface area contributed by atoms with Crippen LogP contribution in [0.3, 0.4) is 0 Å². The molecule has 0 spiro atoms. The average Bonchev–Trinajstić information content (AvgIpc) is 3.36. The zero-order valence-electron chi connectivity index (χ0n) is 15.4. The number of aromatic nitrogens is 2. The third-order valence-corrected chi connectivity index (χ3v) is 4.77. The Hall–Kier alpha value is -1.92. The van der Waals surface area contributed by atoms with E-state index in [1.165, 1.54) is 0 Å². The number of halogens is 1. The molecule has 3 atom stereocenters. The summed E-state index contributed by atoms with van der Waals surface area (Å²) in [6.07, 6.45) is 2.22. The Bertz CT molecular complexity index is 715. The molecule has 1 heterocycles. The first kappa shape index (κ1) is 20.4. The number of rotatable bonds is 7. The van der Waals surface area contributed by atoms with Gasteiger partial charge in [-0.1, -0.05) is 56.3 Å². The minimum Gasteiger partial charge on any atom is -0.344 e. The Morgan fingerprint density at radius 1 is 1.23 bits per heavy atom. The van der Waals surface area contributed by atoms with Crippen molar-refractivity contribution in [1.82, 2.24) is 15.5 Å².